The van der Waals surface area contributed by atoms with Crippen LogP contribution in [0.15, 0.2) is 109 Å². The first-order valence-corrected chi connectivity index (χ1v) is 19.0. The molecule has 0 amide bonds. The predicted octanol–water partition coefficient (Wildman–Crippen LogP) is 13.5. The number of ether oxygens (including phenoxy) is 3. The Balaban J connectivity index is 1.49. The fraction of sp³-hybridized carbons (Fsp3) is 0.200. The summed E-state index contributed by atoms with van der Waals surface area (Å²) in [6.45, 7) is 17.5. The Bertz CT molecular complexity index is 2030. The molecule has 6 aromatic rings. The van der Waals surface area contributed by atoms with Crippen molar-refractivity contribution < 1.29 is 32.3 Å². The molecule has 0 atom stereocenters. The van der Waals surface area contributed by atoms with E-state index in [1.165, 1.54) is 0 Å². The zero-order valence-electron chi connectivity index (χ0n) is 31.7. The van der Waals surface area contributed by atoms with Gasteiger partial charge in [0.15, 0.2) is 34.5 Å². The summed E-state index contributed by atoms with van der Waals surface area (Å²) in [5.41, 5.74) is 8.08. The molecular weight excluding hydrogens is 683 g/mol. The summed E-state index contributed by atoms with van der Waals surface area (Å²) in [5.74, 6) is 3.45. The first-order valence-electron chi connectivity index (χ1n) is 17.5. The van der Waals surface area contributed by atoms with Crippen molar-refractivity contribution in [2.24, 2.45) is 0 Å². The number of hydrogen-bond donors (Lipinski definition) is 0. The zero-order valence-corrected chi connectivity index (χ0v) is 32.6. The van der Waals surface area contributed by atoms with Gasteiger partial charge in [0.1, 0.15) is 17.2 Å². The third kappa shape index (κ3) is 8.70. The van der Waals surface area contributed by atoms with Crippen molar-refractivity contribution >= 4 is 7.82 Å². The van der Waals surface area contributed by atoms with E-state index in [0.29, 0.717) is 51.2 Å². The summed E-state index contributed by atoms with van der Waals surface area (Å²) in [5, 5.41) is 0. The van der Waals surface area contributed by atoms with Crippen molar-refractivity contribution in [3.8, 4) is 51.7 Å². The van der Waals surface area contributed by atoms with Crippen LogP contribution in [0.1, 0.15) is 50.1 Å². The van der Waals surface area contributed by atoms with Gasteiger partial charge in [-0.3, -0.25) is 0 Å². The Morgan fingerprint density at radius 2 is 0.585 bits per heavy atom. The van der Waals surface area contributed by atoms with E-state index in [4.69, 9.17) is 27.8 Å². The molecule has 0 spiro atoms. The SMILES string of the molecule is Cc1ccc(Oc2ccc(C)c(C)c2OP(=O)(Oc2c(Oc3ccc(C)cc3)ccc(C)c2C)Oc2c(Oc3ccc(C)cc3)ccc(C)c2C)cc1. The number of rotatable bonds is 12. The van der Waals surface area contributed by atoms with Gasteiger partial charge in [-0.25, -0.2) is 0 Å². The van der Waals surface area contributed by atoms with Crippen LogP contribution in [-0.2, 0) is 4.57 Å². The first-order chi connectivity index (χ1) is 25.3. The van der Waals surface area contributed by atoms with Crippen LogP contribution < -0.4 is 27.8 Å². The van der Waals surface area contributed by atoms with Crippen LogP contribution >= 0.6 is 7.82 Å². The molecule has 0 bridgehead atoms. The molecule has 0 heterocycles. The third-order valence-electron chi connectivity index (χ3n) is 9.28. The molecule has 7 nitrogen and oxygen atoms in total. The molecule has 0 aliphatic rings. The minimum Gasteiger partial charge on any atom is -0.453 e. The molecule has 0 saturated heterocycles. The van der Waals surface area contributed by atoms with Gasteiger partial charge in [0.2, 0.25) is 0 Å². The van der Waals surface area contributed by atoms with E-state index in [0.717, 1.165) is 33.4 Å². The summed E-state index contributed by atoms with van der Waals surface area (Å²) in [4.78, 5) is 0. The lowest BCUT2D eigenvalue weighted by molar-refractivity contribution is 0.282. The summed E-state index contributed by atoms with van der Waals surface area (Å²) in [7, 11) is -4.68. The molecule has 0 unspecified atom stereocenters. The Labute approximate surface area is 312 Å². The Hall–Kier alpha value is -5.65. The first kappa shape index (κ1) is 37.1. The van der Waals surface area contributed by atoms with E-state index in [9.17, 15) is 0 Å². The average Bonchev–Trinajstić information content (AvgIpc) is 3.13. The number of benzene rings is 6. The second kappa shape index (κ2) is 15.5. The lowest BCUT2D eigenvalue weighted by Crippen LogP contribution is -2.12. The molecule has 53 heavy (non-hydrogen) atoms. The smallest absolute Gasteiger partial charge is 0.453 e. The summed E-state index contributed by atoms with van der Waals surface area (Å²) < 4.78 is 54.3. The molecular formula is C45H45O7P. The van der Waals surface area contributed by atoms with Gasteiger partial charge < -0.3 is 27.8 Å². The van der Waals surface area contributed by atoms with Crippen LogP contribution in [0.3, 0.4) is 0 Å². The molecule has 8 heteroatoms. The van der Waals surface area contributed by atoms with Gasteiger partial charge in [0.25, 0.3) is 0 Å². The van der Waals surface area contributed by atoms with E-state index in [1.54, 1.807) is 18.2 Å². The summed E-state index contributed by atoms with van der Waals surface area (Å²) in [6, 6.07) is 34.1. The van der Waals surface area contributed by atoms with E-state index in [-0.39, 0.29) is 17.2 Å². The molecule has 0 aromatic heterocycles. The lowest BCUT2D eigenvalue weighted by atomic mass is 10.1. The van der Waals surface area contributed by atoms with Crippen LogP contribution in [0, 0.1) is 62.3 Å². The molecule has 0 fully saturated rings. The number of aryl methyl sites for hydroxylation is 6. The highest BCUT2D eigenvalue weighted by atomic mass is 31.2. The molecule has 0 aliphatic heterocycles. The molecule has 6 rings (SSSR count). The van der Waals surface area contributed by atoms with Crippen LogP contribution in [0.4, 0.5) is 0 Å². The highest BCUT2D eigenvalue weighted by Crippen LogP contribution is 2.57. The Morgan fingerprint density at radius 1 is 0.340 bits per heavy atom. The standard InChI is InChI=1S/C45H45O7P/c1-28-10-19-37(20-11-28)47-40-25-16-31(4)34(7)43(40)50-53(46,51-44-35(8)32(5)17-26-41(44)48-38-21-12-29(2)13-22-38)52-45-36(9)33(6)18-27-42(45)49-39-23-14-30(3)15-24-39/h10-27H,1-9H3. The van der Waals surface area contributed by atoms with E-state index >= 15 is 4.57 Å². The zero-order chi connectivity index (χ0) is 37.9. The average molecular weight is 729 g/mol. The van der Waals surface area contributed by atoms with Gasteiger partial charge >= 0.3 is 7.82 Å². The maximum atomic E-state index is 15.6. The van der Waals surface area contributed by atoms with Gasteiger partial charge in [-0.2, -0.15) is 4.57 Å². The molecule has 0 radical (unpaired) electrons. The number of phosphoric ester groups is 1. The summed E-state index contributed by atoms with van der Waals surface area (Å²) in [6.07, 6.45) is 0. The Morgan fingerprint density at radius 3 is 0.830 bits per heavy atom. The van der Waals surface area contributed by atoms with Crippen molar-refractivity contribution in [3.05, 3.63) is 159 Å². The monoisotopic (exact) mass is 728 g/mol. The quantitative estimate of drug-likeness (QED) is 0.116. The second-order valence-electron chi connectivity index (χ2n) is 13.5. The fourth-order valence-electron chi connectivity index (χ4n) is 5.47. The van der Waals surface area contributed by atoms with Crippen LogP contribution in [0.2, 0.25) is 0 Å². The van der Waals surface area contributed by atoms with Crippen molar-refractivity contribution in [2.45, 2.75) is 62.3 Å². The molecule has 0 N–H and O–H groups in total. The minimum atomic E-state index is -4.68. The number of hydrogen-bond acceptors (Lipinski definition) is 7. The Kier molecular flexibility index (Phi) is 10.9. The largest absolute Gasteiger partial charge is 0.647 e. The van der Waals surface area contributed by atoms with Gasteiger partial charge in [-0.15, -0.1) is 0 Å². The van der Waals surface area contributed by atoms with Crippen molar-refractivity contribution in [3.63, 3.8) is 0 Å². The fourth-order valence-corrected chi connectivity index (χ4v) is 6.93. The van der Waals surface area contributed by atoms with Gasteiger partial charge in [-0.1, -0.05) is 71.3 Å². The molecule has 6 aromatic carbocycles. The lowest BCUT2D eigenvalue weighted by Gasteiger charge is -2.26. The normalized spacial score (nSPS) is 11.2. The molecule has 0 aliphatic carbocycles. The second-order valence-corrected chi connectivity index (χ2v) is 14.9. The molecule has 0 saturated carbocycles. The van der Waals surface area contributed by atoms with Gasteiger partial charge in [-0.05, 0) is 150 Å². The highest BCUT2D eigenvalue weighted by Gasteiger charge is 2.39. The molecule has 272 valence electrons. The van der Waals surface area contributed by atoms with Crippen LogP contribution in [0.25, 0.3) is 0 Å². The minimum absolute atomic E-state index is 0.214. The van der Waals surface area contributed by atoms with Crippen molar-refractivity contribution in [1.82, 2.24) is 0 Å². The van der Waals surface area contributed by atoms with Crippen LogP contribution in [0.5, 0.6) is 51.7 Å². The third-order valence-corrected chi connectivity index (χ3v) is 10.5. The van der Waals surface area contributed by atoms with E-state index < -0.39 is 7.82 Å². The van der Waals surface area contributed by atoms with E-state index in [2.05, 4.69) is 0 Å². The van der Waals surface area contributed by atoms with Crippen molar-refractivity contribution in [2.75, 3.05) is 0 Å². The maximum absolute atomic E-state index is 15.6. The maximum Gasteiger partial charge on any atom is 0.647 e. The summed E-state index contributed by atoms with van der Waals surface area (Å²) >= 11 is 0. The predicted molar refractivity (Wildman–Crippen MR) is 211 cm³/mol. The van der Waals surface area contributed by atoms with Gasteiger partial charge in [0.05, 0.1) is 0 Å². The van der Waals surface area contributed by atoms with E-state index in [1.807, 2.05) is 153 Å². The van der Waals surface area contributed by atoms with Crippen LogP contribution in [-0.4, -0.2) is 0 Å². The topological polar surface area (TPSA) is 72.5 Å². The highest BCUT2D eigenvalue weighted by molar-refractivity contribution is 7.49. The number of phosphoric acid groups is 1. The van der Waals surface area contributed by atoms with Crippen molar-refractivity contribution in [1.29, 1.82) is 0 Å². The van der Waals surface area contributed by atoms with Gasteiger partial charge in [0, 0.05) is 0 Å².